The topological polar surface area (TPSA) is 279 Å². The predicted octanol–water partition coefficient (Wildman–Crippen LogP) is 11.8. The predicted molar refractivity (Wildman–Crippen MR) is 333 cm³/mol. The van der Waals surface area contributed by atoms with E-state index in [2.05, 4.69) is 65.9 Å². The molecular weight excluding hydrogens is 1270 g/mol. The molecule has 0 unspecified atom stereocenters. The van der Waals surface area contributed by atoms with Gasteiger partial charge in [0.25, 0.3) is 5.88 Å². The summed E-state index contributed by atoms with van der Waals surface area (Å²) >= 11 is 3.34. The second kappa shape index (κ2) is 27.3. The van der Waals surface area contributed by atoms with Gasteiger partial charge in [-0.15, -0.1) is 5.10 Å². The van der Waals surface area contributed by atoms with Crippen molar-refractivity contribution in [2.45, 2.75) is 33.7 Å². The first-order valence-corrected chi connectivity index (χ1v) is 28.4. The average Bonchev–Trinajstić information content (AvgIpc) is 2.17. The molecule has 0 aliphatic rings. The number of carbonyl (C=O) groups excluding carboxylic acids is 1. The number of benzene rings is 4. The number of hydrogen-bond donors (Lipinski definition) is 3. The molecule has 0 aliphatic carbocycles. The number of anilines is 3. The number of nitrogens with two attached hydrogens (primary N) is 2. The van der Waals surface area contributed by atoms with Crippen LogP contribution in [-0.4, -0.2) is 93.7 Å². The minimum Gasteiger partial charge on any atom is -0.410 e. The van der Waals surface area contributed by atoms with Gasteiger partial charge in [0.15, 0.2) is 16.9 Å². The van der Waals surface area contributed by atoms with E-state index < -0.39 is 27.6 Å². The maximum absolute atomic E-state index is 12.6. The number of ether oxygens (including phenoxy) is 1. The summed E-state index contributed by atoms with van der Waals surface area (Å²) in [6.07, 6.45) is 10.1. The molecule has 5 N–H and O–H groups in total. The SMILES string of the molecule is C.Cc1c(-c2cnc3c(cnn3C)c2)nn(-c2ccccc2)c1N.Cc1c(-c2cnc3c(cnn3C)c2)nn(-c2ccccc2)c1NC(=O)Oc1ccccc1.Cc1c(OS(=O)(=O)C(F)(F)F)nn(-c2ccccc2)c1N.Cn1ncc2cc(Br)cnc21.[V]. The molecule has 23 nitrogen and oxygen atoms in total. The number of aromatic nitrogens is 15. The van der Waals surface area contributed by atoms with Crippen LogP contribution in [0.5, 0.6) is 11.6 Å². The van der Waals surface area contributed by atoms with Crippen molar-refractivity contribution >= 4 is 82.7 Å². The summed E-state index contributed by atoms with van der Waals surface area (Å²) in [5, 5.41) is 31.5. The van der Waals surface area contributed by atoms with Gasteiger partial charge in [-0.1, -0.05) is 80.2 Å². The molecule has 4 aromatic carbocycles. The minimum atomic E-state index is -5.79. The van der Waals surface area contributed by atoms with Crippen LogP contribution in [0.3, 0.4) is 0 Å². The summed E-state index contributed by atoms with van der Waals surface area (Å²) in [5.41, 5.74) is 16.2. The number of pyridine rings is 3. The molecule has 13 rings (SSSR count). The molecule has 0 spiro atoms. The Labute approximate surface area is 527 Å². The third kappa shape index (κ3) is 14.2. The third-order valence-corrected chi connectivity index (χ3v) is 14.7. The molecule has 1 amide bonds. The van der Waals surface area contributed by atoms with Crippen LogP contribution in [0.4, 0.5) is 35.4 Å². The Balaban J connectivity index is 0.000000160. The minimum absolute atomic E-state index is 0. The zero-order valence-corrected chi connectivity index (χ0v) is 51.3. The zero-order chi connectivity index (χ0) is 61.7. The van der Waals surface area contributed by atoms with Gasteiger partial charge >= 0.3 is 21.7 Å². The fraction of sp³-hybridized carbons (Fsp3) is 0.133. The van der Waals surface area contributed by atoms with Crippen molar-refractivity contribution in [2.24, 2.45) is 21.1 Å². The molecule has 29 heteroatoms. The van der Waals surface area contributed by atoms with E-state index in [-0.39, 0.29) is 37.4 Å². The number of aryl methyl sites for hydroxylation is 3. The first-order valence-electron chi connectivity index (χ1n) is 26.2. The summed E-state index contributed by atoms with van der Waals surface area (Å²) in [4.78, 5) is 25.8. The van der Waals surface area contributed by atoms with E-state index in [1.54, 1.807) is 96.9 Å². The Morgan fingerprint density at radius 1 is 0.551 bits per heavy atom. The molecule has 0 fully saturated rings. The van der Waals surface area contributed by atoms with Gasteiger partial charge in [-0.3, -0.25) is 19.4 Å². The standard InChI is InChI=1S/C24H20N6O2.C17H16N6.C11H10F3N3O3S.C7H6BrN3.CH4.V/c1-16-21(17-13-18-15-26-29(2)23(18)25-14-17)28-30(19-9-5-3-6-10-19)22(16)27-24(31)32-20-11-7-4-8-12-20;1-11-15(12-8-13-10-20-22(2)17(13)19-9-12)21-23(16(11)18)14-6-4-3-5-7-14;1-7-9(15)17(8-5-3-2-4-6-8)16-10(7)20-21(18,19)11(12,13)14;1-11-7-5(3-10-11)2-6(8)4-9-7;;/h3-15H,1-2H3,(H,27,31);3-10H,18H2,1-2H3;2-6H,15H2,1H3;2-4H,1H3;1H4;. The van der Waals surface area contributed by atoms with Crippen molar-refractivity contribution < 1.29 is 53.9 Å². The van der Waals surface area contributed by atoms with E-state index in [4.69, 9.17) is 21.3 Å². The number of nitrogen functional groups attached to an aromatic ring is 2. The monoisotopic (exact) mass is 1330 g/mol. The van der Waals surface area contributed by atoms with Crippen LogP contribution in [0.25, 0.3) is 72.7 Å². The van der Waals surface area contributed by atoms with E-state index in [1.807, 2.05) is 138 Å². The molecule has 0 saturated carbocycles. The second-order valence-electron chi connectivity index (χ2n) is 19.2. The summed E-state index contributed by atoms with van der Waals surface area (Å²) in [7, 11) is -0.183. The fourth-order valence-electron chi connectivity index (χ4n) is 8.79. The number of fused-ring (bicyclic) bond motifs is 3. The van der Waals surface area contributed by atoms with Crippen LogP contribution in [0.15, 0.2) is 181 Å². The van der Waals surface area contributed by atoms with Crippen molar-refractivity contribution in [2.75, 3.05) is 16.8 Å². The normalized spacial score (nSPS) is 11.1. The number of alkyl halides is 3. The van der Waals surface area contributed by atoms with E-state index >= 15 is 0 Å². The maximum Gasteiger partial charge on any atom is 0.534 e. The van der Waals surface area contributed by atoms with Crippen LogP contribution in [0.1, 0.15) is 24.1 Å². The molecule has 13 aromatic rings. The average molecular weight is 1330 g/mol. The van der Waals surface area contributed by atoms with Gasteiger partial charge in [-0.25, -0.2) is 33.8 Å². The maximum atomic E-state index is 12.6. The largest absolute Gasteiger partial charge is 0.534 e. The number of nitrogens with zero attached hydrogens (tertiary/aromatic N) is 15. The summed E-state index contributed by atoms with van der Waals surface area (Å²) in [6.45, 7) is 5.20. The number of amides is 1. The Hall–Kier alpha value is -10.2. The Morgan fingerprint density at radius 2 is 0.944 bits per heavy atom. The van der Waals surface area contributed by atoms with Gasteiger partial charge < -0.3 is 20.4 Å². The van der Waals surface area contributed by atoms with Crippen molar-refractivity contribution in [1.29, 1.82) is 0 Å². The van der Waals surface area contributed by atoms with Crippen molar-refractivity contribution in [1.82, 2.24) is 73.6 Å². The van der Waals surface area contributed by atoms with Crippen LogP contribution >= 0.6 is 15.9 Å². The smallest absolute Gasteiger partial charge is 0.410 e. The molecule has 0 aliphatic heterocycles. The molecule has 0 atom stereocenters. The Morgan fingerprint density at radius 3 is 1.42 bits per heavy atom. The second-order valence-corrected chi connectivity index (χ2v) is 21.6. The third-order valence-electron chi connectivity index (χ3n) is 13.3. The first-order chi connectivity index (χ1) is 41.6. The fourth-order valence-corrected chi connectivity index (χ4v) is 9.60. The van der Waals surface area contributed by atoms with Crippen LogP contribution < -0.4 is 25.7 Å². The number of para-hydroxylation sites is 4. The van der Waals surface area contributed by atoms with Gasteiger partial charge in [0.05, 0.1) is 52.6 Å². The van der Waals surface area contributed by atoms with Gasteiger partial charge in [0, 0.05) is 101 Å². The molecule has 0 bridgehead atoms. The molecule has 455 valence electrons. The van der Waals surface area contributed by atoms with Crippen molar-refractivity contribution in [3.8, 4) is 51.2 Å². The number of carbonyl (C=O) groups is 1. The number of halogens is 4. The van der Waals surface area contributed by atoms with Gasteiger partial charge in [-0.05, 0) is 103 Å². The van der Waals surface area contributed by atoms with E-state index in [1.165, 1.54) is 6.92 Å². The molecule has 0 saturated heterocycles. The van der Waals surface area contributed by atoms with Crippen LogP contribution in [-0.2, 0) is 49.8 Å². The van der Waals surface area contributed by atoms with Gasteiger partial charge in [0.1, 0.15) is 23.2 Å². The van der Waals surface area contributed by atoms with E-state index in [9.17, 15) is 26.4 Å². The first kappa shape index (κ1) is 64.8. The molecule has 89 heavy (non-hydrogen) atoms. The van der Waals surface area contributed by atoms with Crippen molar-refractivity contribution in [3.63, 3.8) is 0 Å². The van der Waals surface area contributed by atoms with Gasteiger partial charge in [0.2, 0.25) is 0 Å². The quantitative estimate of drug-likeness (QED) is 0.0894. The van der Waals surface area contributed by atoms with Crippen LogP contribution in [0.2, 0.25) is 0 Å². The molecule has 1 radical (unpaired) electrons. The van der Waals surface area contributed by atoms with Crippen molar-refractivity contribution in [3.05, 3.63) is 198 Å². The number of rotatable bonds is 9. The summed E-state index contributed by atoms with van der Waals surface area (Å²) < 4.78 is 79.1. The van der Waals surface area contributed by atoms with E-state index in [0.29, 0.717) is 28.8 Å². The van der Waals surface area contributed by atoms with Gasteiger partial charge in [-0.2, -0.15) is 47.1 Å². The Kier molecular flexibility index (Phi) is 19.9. The zero-order valence-electron chi connectivity index (χ0n) is 47.5. The molecule has 9 aromatic heterocycles. The number of hydrogen-bond acceptors (Lipinski definition) is 16. The molecule has 9 heterocycles. The Bertz CT molecular complexity index is 4710. The number of nitrogens with one attached hydrogen (secondary N) is 1. The van der Waals surface area contributed by atoms with E-state index in [0.717, 1.165) is 81.6 Å². The molecular formula is C60H56BrF3N18O5SV. The van der Waals surface area contributed by atoms with Crippen LogP contribution in [0, 0.1) is 20.8 Å². The summed E-state index contributed by atoms with van der Waals surface area (Å²) in [5.74, 6) is 0.887. The summed E-state index contributed by atoms with van der Waals surface area (Å²) in [6, 6.07) is 42.7.